The average molecular weight is 571 g/mol. The topological polar surface area (TPSA) is 109 Å². The van der Waals surface area contributed by atoms with Crippen molar-refractivity contribution < 1.29 is 31.1 Å². The largest absolute Gasteiger partial charge is 0.471 e. The van der Waals surface area contributed by atoms with E-state index in [0.717, 1.165) is 25.3 Å². The van der Waals surface area contributed by atoms with E-state index < -0.39 is 33.7 Å². The molecule has 10 nitrogen and oxygen atoms in total. The number of rotatable bonds is 7. The van der Waals surface area contributed by atoms with Crippen molar-refractivity contribution in [2.24, 2.45) is 0 Å². The molecule has 0 aliphatic carbocycles. The van der Waals surface area contributed by atoms with Crippen LogP contribution in [0.1, 0.15) is 31.7 Å². The Kier molecular flexibility index (Phi) is 8.17. The van der Waals surface area contributed by atoms with Gasteiger partial charge in [-0.05, 0) is 44.0 Å². The Hall–Kier alpha value is -2.68. The molecule has 3 fully saturated rings. The van der Waals surface area contributed by atoms with E-state index in [4.69, 9.17) is 9.47 Å². The Morgan fingerprint density at radius 1 is 1.13 bits per heavy atom. The summed E-state index contributed by atoms with van der Waals surface area (Å²) >= 11 is 0. The first-order valence-corrected chi connectivity index (χ1v) is 14.6. The lowest BCUT2D eigenvalue weighted by atomic mass is 10.1. The molecule has 214 valence electrons. The number of nitrogens with one attached hydrogen (secondary N) is 2. The van der Waals surface area contributed by atoms with Gasteiger partial charge in [0.25, 0.3) is 0 Å². The number of sulfonamides is 1. The molecule has 0 saturated carbocycles. The zero-order valence-corrected chi connectivity index (χ0v) is 22.5. The zero-order valence-electron chi connectivity index (χ0n) is 21.7. The van der Waals surface area contributed by atoms with Crippen molar-refractivity contribution in [3.05, 3.63) is 36.0 Å². The van der Waals surface area contributed by atoms with Gasteiger partial charge in [0, 0.05) is 63.1 Å². The van der Waals surface area contributed by atoms with E-state index >= 15 is 0 Å². The van der Waals surface area contributed by atoms with Crippen LogP contribution in [0.5, 0.6) is 5.88 Å². The summed E-state index contributed by atoms with van der Waals surface area (Å²) in [5.41, 5.74) is -0.0519. The molecule has 0 bridgehead atoms. The minimum absolute atomic E-state index is 0.0102. The number of piperidine rings is 1. The van der Waals surface area contributed by atoms with Crippen LogP contribution in [-0.4, -0.2) is 86.8 Å². The third-order valence-electron chi connectivity index (χ3n) is 7.22. The fourth-order valence-corrected chi connectivity index (χ4v) is 6.52. The summed E-state index contributed by atoms with van der Waals surface area (Å²) < 4.78 is 79.0. The summed E-state index contributed by atoms with van der Waals surface area (Å²) in [6, 6.07) is 7.15. The zero-order chi connectivity index (χ0) is 27.6. The number of nitrogens with zero attached hydrogens (tertiary/aromatic N) is 4. The van der Waals surface area contributed by atoms with Crippen LogP contribution in [0.2, 0.25) is 0 Å². The van der Waals surface area contributed by atoms with E-state index in [0.29, 0.717) is 38.1 Å². The Bertz CT molecular complexity index is 1230. The molecular formula is C25H33F3N6O4S. The monoisotopic (exact) mass is 570 g/mol. The number of anilines is 2. The first-order chi connectivity index (χ1) is 18.6. The number of aromatic nitrogens is 2. The van der Waals surface area contributed by atoms with Gasteiger partial charge in [0.2, 0.25) is 21.9 Å². The van der Waals surface area contributed by atoms with Gasteiger partial charge in [0.05, 0.1) is 18.1 Å². The normalized spacial score (nSPS) is 23.6. The molecule has 4 heterocycles. The summed E-state index contributed by atoms with van der Waals surface area (Å²) in [5, 5.41) is 6.44. The minimum Gasteiger partial charge on any atom is -0.471 e. The van der Waals surface area contributed by atoms with Crippen LogP contribution in [0.15, 0.2) is 35.4 Å². The Labute approximate surface area is 225 Å². The van der Waals surface area contributed by atoms with Gasteiger partial charge in [-0.1, -0.05) is 0 Å². The predicted molar refractivity (Wildman–Crippen MR) is 138 cm³/mol. The Balaban J connectivity index is 1.20. The lowest BCUT2D eigenvalue weighted by molar-refractivity contribution is -0.139. The highest BCUT2D eigenvalue weighted by atomic mass is 32.2. The molecule has 14 heteroatoms. The number of alkyl halides is 3. The standard InChI is InChI=1S/C25H33F3N6O4S/c1-17-15-33(12-9-29-17)19-2-4-21(5-3-19)39(35,36)34-10-6-18(7-11-34)31-24-30-14-22(25(26,27)28)23(32-24)38-20-8-13-37-16-20/h2-5,14,17-18,20,29H,6-13,15-16H2,1H3,(H,30,31,32)/t17-,20+/m1/s1. The van der Waals surface area contributed by atoms with E-state index in [1.165, 1.54) is 4.31 Å². The molecule has 2 N–H and O–H groups in total. The van der Waals surface area contributed by atoms with Crippen molar-refractivity contribution >= 4 is 21.7 Å². The van der Waals surface area contributed by atoms with Crippen LogP contribution >= 0.6 is 0 Å². The maximum Gasteiger partial charge on any atom is 0.423 e. The van der Waals surface area contributed by atoms with Gasteiger partial charge in [-0.2, -0.15) is 22.5 Å². The molecule has 0 amide bonds. The van der Waals surface area contributed by atoms with Gasteiger partial charge in [0.1, 0.15) is 11.7 Å². The predicted octanol–water partition coefficient (Wildman–Crippen LogP) is 2.73. The second-order valence-corrected chi connectivity index (χ2v) is 12.1. The number of hydrogen-bond donors (Lipinski definition) is 2. The molecule has 1 aromatic carbocycles. The highest BCUT2D eigenvalue weighted by Crippen LogP contribution is 2.36. The quantitative estimate of drug-likeness (QED) is 0.520. The number of piperazine rings is 1. The first-order valence-electron chi connectivity index (χ1n) is 13.1. The molecule has 2 aromatic rings. The van der Waals surface area contributed by atoms with Crippen molar-refractivity contribution in [3.8, 4) is 5.88 Å². The van der Waals surface area contributed by atoms with E-state index in [1.54, 1.807) is 12.1 Å². The highest BCUT2D eigenvalue weighted by Gasteiger charge is 2.38. The van der Waals surface area contributed by atoms with Gasteiger partial charge < -0.3 is 25.0 Å². The van der Waals surface area contributed by atoms with E-state index in [2.05, 4.69) is 32.4 Å². The second kappa shape index (κ2) is 11.4. The van der Waals surface area contributed by atoms with Crippen LogP contribution in [0.4, 0.5) is 24.8 Å². The number of halogens is 3. The fourth-order valence-electron chi connectivity index (χ4n) is 5.05. The lowest BCUT2D eigenvalue weighted by Crippen LogP contribution is -2.49. The van der Waals surface area contributed by atoms with Gasteiger partial charge in [-0.25, -0.2) is 13.4 Å². The summed E-state index contributed by atoms with van der Waals surface area (Å²) in [7, 11) is -3.67. The molecule has 0 spiro atoms. The van der Waals surface area contributed by atoms with Crippen molar-refractivity contribution in [2.45, 2.75) is 55.4 Å². The molecule has 1 aromatic heterocycles. The van der Waals surface area contributed by atoms with Crippen molar-refractivity contribution in [1.29, 1.82) is 0 Å². The first kappa shape index (κ1) is 27.9. The van der Waals surface area contributed by atoms with Crippen molar-refractivity contribution in [1.82, 2.24) is 19.6 Å². The third-order valence-corrected chi connectivity index (χ3v) is 9.13. The average Bonchev–Trinajstić information content (AvgIpc) is 3.42. The summed E-state index contributed by atoms with van der Waals surface area (Å²) in [6.07, 6.45) is -3.06. The van der Waals surface area contributed by atoms with Crippen LogP contribution in [0.3, 0.4) is 0 Å². The van der Waals surface area contributed by atoms with Crippen molar-refractivity contribution in [2.75, 3.05) is 56.2 Å². The van der Waals surface area contributed by atoms with Gasteiger partial charge >= 0.3 is 6.18 Å². The molecule has 5 rings (SSSR count). The molecular weight excluding hydrogens is 537 g/mol. The third kappa shape index (κ3) is 6.56. The maximum atomic E-state index is 13.5. The van der Waals surface area contributed by atoms with E-state index in [1.807, 2.05) is 12.1 Å². The fraction of sp³-hybridized carbons (Fsp3) is 0.600. The Morgan fingerprint density at radius 3 is 2.51 bits per heavy atom. The molecule has 3 saturated heterocycles. The summed E-state index contributed by atoms with van der Waals surface area (Å²) in [6.45, 7) is 5.87. The molecule has 2 atom stereocenters. The molecule has 0 unspecified atom stereocenters. The molecule has 3 aliphatic heterocycles. The molecule has 39 heavy (non-hydrogen) atoms. The van der Waals surface area contributed by atoms with Gasteiger partial charge in [-0.3, -0.25) is 0 Å². The summed E-state index contributed by atoms with van der Waals surface area (Å²) in [4.78, 5) is 10.3. The van der Waals surface area contributed by atoms with Gasteiger partial charge in [0.15, 0.2) is 0 Å². The SMILES string of the molecule is C[C@@H]1CN(c2ccc(S(=O)(=O)N3CCC(Nc4ncc(C(F)(F)F)c(O[C@H]5CCOC5)n4)CC3)cc2)CCN1. The van der Waals surface area contributed by atoms with Crippen LogP contribution in [-0.2, 0) is 20.9 Å². The van der Waals surface area contributed by atoms with Crippen LogP contribution in [0.25, 0.3) is 0 Å². The molecule has 3 aliphatic rings. The number of ether oxygens (including phenoxy) is 2. The number of benzene rings is 1. The maximum absolute atomic E-state index is 13.5. The minimum atomic E-state index is -4.66. The van der Waals surface area contributed by atoms with E-state index in [9.17, 15) is 21.6 Å². The van der Waals surface area contributed by atoms with Crippen LogP contribution < -0.4 is 20.3 Å². The highest BCUT2D eigenvalue weighted by molar-refractivity contribution is 7.89. The summed E-state index contributed by atoms with van der Waals surface area (Å²) in [5.74, 6) is -0.523. The van der Waals surface area contributed by atoms with Crippen LogP contribution in [0, 0.1) is 0 Å². The lowest BCUT2D eigenvalue weighted by Gasteiger charge is -2.34. The van der Waals surface area contributed by atoms with Gasteiger partial charge in [-0.15, -0.1) is 0 Å². The molecule has 0 radical (unpaired) electrons. The van der Waals surface area contributed by atoms with E-state index in [-0.39, 0.29) is 36.6 Å². The Morgan fingerprint density at radius 2 is 1.87 bits per heavy atom. The smallest absolute Gasteiger partial charge is 0.423 e. The second-order valence-electron chi connectivity index (χ2n) is 10.1. The number of hydrogen-bond acceptors (Lipinski definition) is 9. The van der Waals surface area contributed by atoms with Crippen molar-refractivity contribution in [3.63, 3.8) is 0 Å².